The van der Waals surface area contributed by atoms with Crippen molar-refractivity contribution in [3.8, 4) is 11.4 Å². The lowest BCUT2D eigenvalue weighted by Crippen LogP contribution is -1.93. The Morgan fingerprint density at radius 1 is 1.40 bits per heavy atom. The van der Waals surface area contributed by atoms with Gasteiger partial charge in [0.2, 0.25) is 4.96 Å². The average molecular weight is 219 g/mol. The largest absolute Gasteiger partial charge is 0.266 e. The number of rotatable bonds is 1. The van der Waals surface area contributed by atoms with Crippen molar-refractivity contribution in [3.05, 3.63) is 23.5 Å². The van der Waals surface area contributed by atoms with Crippen LogP contribution in [0.4, 0.5) is 0 Å². The molecule has 3 aromatic heterocycles. The zero-order valence-electron chi connectivity index (χ0n) is 8.38. The number of hydrogen-bond acceptors (Lipinski definition) is 4. The van der Waals surface area contributed by atoms with Crippen LogP contribution >= 0.6 is 11.3 Å². The van der Waals surface area contributed by atoms with Gasteiger partial charge in [0.25, 0.3) is 0 Å². The molecule has 0 amide bonds. The van der Waals surface area contributed by atoms with Crippen LogP contribution in [0.5, 0.6) is 0 Å². The molecule has 3 aromatic rings. The van der Waals surface area contributed by atoms with Crippen LogP contribution in [0, 0.1) is 6.92 Å². The highest BCUT2D eigenvalue weighted by Gasteiger charge is 2.09. The molecule has 5 nitrogen and oxygen atoms in total. The normalized spacial score (nSPS) is 11.3. The molecule has 0 aliphatic carbocycles. The molecular weight excluding hydrogens is 210 g/mol. The van der Waals surface area contributed by atoms with Crippen LogP contribution in [-0.2, 0) is 7.05 Å². The van der Waals surface area contributed by atoms with Gasteiger partial charge < -0.3 is 0 Å². The Bertz CT molecular complexity index is 586. The Hall–Kier alpha value is -1.69. The van der Waals surface area contributed by atoms with Crippen LogP contribution in [0.3, 0.4) is 0 Å². The van der Waals surface area contributed by atoms with Crippen molar-refractivity contribution in [2.24, 2.45) is 7.05 Å². The molecule has 0 atom stereocenters. The third-order valence-electron chi connectivity index (χ3n) is 2.23. The SMILES string of the molecule is Cc1nn2cc(-c3ccnn3C)nc2s1. The van der Waals surface area contributed by atoms with Crippen LogP contribution in [-0.4, -0.2) is 24.4 Å². The summed E-state index contributed by atoms with van der Waals surface area (Å²) in [5.74, 6) is 0. The summed E-state index contributed by atoms with van der Waals surface area (Å²) < 4.78 is 3.61. The van der Waals surface area contributed by atoms with Crippen molar-refractivity contribution in [3.63, 3.8) is 0 Å². The molecule has 15 heavy (non-hydrogen) atoms. The molecule has 0 aliphatic rings. The predicted molar refractivity (Wildman–Crippen MR) is 57.8 cm³/mol. The van der Waals surface area contributed by atoms with Gasteiger partial charge in [-0.15, -0.1) is 0 Å². The molecule has 0 aromatic carbocycles. The molecule has 0 bridgehead atoms. The molecule has 0 radical (unpaired) electrons. The third kappa shape index (κ3) is 1.25. The van der Waals surface area contributed by atoms with E-state index in [2.05, 4.69) is 15.2 Å². The number of nitrogens with zero attached hydrogens (tertiary/aromatic N) is 5. The maximum Gasteiger partial charge on any atom is 0.212 e. The van der Waals surface area contributed by atoms with Gasteiger partial charge in [-0.3, -0.25) is 4.68 Å². The van der Waals surface area contributed by atoms with Crippen molar-refractivity contribution in [1.82, 2.24) is 24.4 Å². The van der Waals surface area contributed by atoms with E-state index in [-0.39, 0.29) is 0 Å². The van der Waals surface area contributed by atoms with Gasteiger partial charge in [0.1, 0.15) is 10.7 Å². The standard InChI is InChI=1S/C9H9N5S/c1-6-12-14-5-7(11-9(14)15-6)8-3-4-10-13(8)2/h3-5H,1-2H3. The molecule has 0 unspecified atom stereocenters. The minimum absolute atomic E-state index is 0.911. The molecule has 0 saturated carbocycles. The van der Waals surface area contributed by atoms with E-state index in [0.29, 0.717) is 0 Å². The summed E-state index contributed by atoms with van der Waals surface area (Å²) in [5, 5.41) is 9.45. The van der Waals surface area contributed by atoms with Gasteiger partial charge in [-0.25, -0.2) is 9.50 Å². The highest BCUT2D eigenvalue weighted by Crippen LogP contribution is 2.20. The summed E-state index contributed by atoms with van der Waals surface area (Å²) in [6.45, 7) is 1.98. The highest BCUT2D eigenvalue weighted by atomic mass is 32.1. The Morgan fingerprint density at radius 3 is 2.93 bits per heavy atom. The van der Waals surface area contributed by atoms with Gasteiger partial charge in [0.05, 0.1) is 11.9 Å². The van der Waals surface area contributed by atoms with E-state index in [0.717, 1.165) is 21.4 Å². The smallest absolute Gasteiger partial charge is 0.212 e. The first-order chi connectivity index (χ1) is 7.24. The van der Waals surface area contributed by atoms with Crippen molar-refractivity contribution < 1.29 is 0 Å². The van der Waals surface area contributed by atoms with Crippen molar-refractivity contribution >= 4 is 16.3 Å². The Morgan fingerprint density at radius 2 is 2.27 bits per heavy atom. The monoisotopic (exact) mass is 219 g/mol. The quantitative estimate of drug-likeness (QED) is 0.623. The first-order valence-corrected chi connectivity index (χ1v) is 5.37. The number of imidazole rings is 1. The summed E-state index contributed by atoms with van der Waals surface area (Å²) in [5.41, 5.74) is 1.92. The Kier molecular flexibility index (Phi) is 1.66. The summed E-state index contributed by atoms with van der Waals surface area (Å²) in [6.07, 6.45) is 3.69. The summed E-state index contributed by atoms with van der Waals surface area (Å²) >= 11 is 1.59. The van der Waals surface area contributed by atoms with E-state index in [1.807, 2.05) is 30.8 Å². The fourth-order valence-corrected chi connectivity index (χ4v) is 2.27. The fourth-order valence-electron chi connectivity index (χ4n) is 1.55. The van der Waals surface area contributed by atoms with Gasteiger partial charge in [0.15, 0.2) is 0 Å². The molecule has 76 valence electrons. The van der Waals surface area contributed by atoms with E-state index >= 15 is 0 Å². The lowest BCUT2D eigenvalue weighted by molar-refractivity contribution is 0.774. The minimum Gasteiger partial charge on any atom is -0.266 e. The second-order valence-corrected chi connectivity index (χ2v) is 4.47. The molecule has 0 spiro atoms. The minimum atomic E-state index is 0.911. The molecule has 6 heteroatoms. The van der Waals surface area contributed by atoms with E-state index in [1.54, 1.807) is 22.2 Å². The highest BCUT2D eigenvalue weighted by molar-refractivity contribution is 7.16. The van der Waals surface area contributed by atoms with Gasteiger partial charge in [-0.05, 0) is 13.0 Å². The average Bonchev–Trinajstić information content (AvgIpc) is 2.78. The topological polar surface area (TPSA) is 48.0 Å². The maximum atomic E-state index is 4.50. The van der Waals surface area contributed by atoms with Gasteiger partial charge in [0, 0.05) is 13.2 Å². The molecule has 0 aliphatic heterocycles. The molecule has 3 heterocycles. The molecular formula is C9H9N5S. The van der Waals surface area contributed by atoms with E-state index in [1.165, 1.54) is 0 Å². The number of hydrogen-bond donors (Lipinski definition) is 0. The predicted octanol–water partition coefficient (Wildman–Crippen LogP) is 1.50. The van der Waals surface area contributed by atoms with Crippen LogP contribution in [0.2, 0.25) is 0 Å². The van der Waals surface area contributed by atoms with Crippen LogP contribution in [0.25, 0.3) is 16.3 Å². The summed E-state index contributed by atoms with van der Waals surface area (Å²) in [7, 11) is 1.90. The van der Waals surface area contributed by atoms with Gasteiger partial charge in [-0.2, -0.15) is 10.2 Å². The fraction of sp³-hybridized carbons (Fsp3) is 0.222. The van der Waals surface area contributed by atoms with Gasteiger partial charge in [-0.1, -0.05) is 11.3 Å². The van der Waals surface area contributed by atoms with E-state index in [9.17, 15) is 0 Å². The second-order valence-electron chi connectivity index (χ2n) is 3.31. The number of aromatic nitrogens is 5. The molecule has 3 rings (SSSR count). The molecule has 0 fully saturated rings. The molecule has 0 N–H and O–H groups in total. The van der Waals surface area contributed by atoms with Crippen LogP contribution < -0.4 is 0 Å². The maximum absolute atomic E-state index is 4.50. The van der Waals surface area contributed by atoms with Crippen LogP contribution in [0.15, 0.2) is 18.5 Å². The van der Waals surface area contributed by atoms with Crippen molar-refractivity contribution in [2.75, 3.05) is 0 Å². The number of aryl methyl sites for hydroxylation is 2. The number of fused-ring (bicyclic) bond motifs is 1. The van der Waals surface area contributed by atoms with E-state index < -0.39 is 0 Å². The lowest BCUT2D eigenvalue weighted by Gasteiger charge is -1.94. The van der Waals surface area contributed by atoms with Crippen molar-refractivity contribution in [1.29, 1.82) is 0 Å². The Labute approximate surface area is 90.0 Å². The summed E-state index contributed by atoms with van der Waals surface area (Å²) in [4.78, 5) is 5.42. The Balaban J connectivity index is 2.20. The molecule has 0 saturated heterocycles. The van der Waals surface area contributed by atoms with Crippen LogP contribution in [0.1, 0.15) is 5.01 Å². The second kappa shape index (κ2) is 2.90. The lowest BCUT2D eigenvalue weighted by atomic mass is 10.3. The van der Waals surface area contributed by atoms with Gasteiger partial charge >= 0.3 is 0 Å². The summed E-state index contributed by atoms with van der Waals surface area (Å²) in [6, 6.07) is 1.94. The third-order valence-corrected chi connectivity index (χ3v) is 3.07. The zero-order chi connectivity index (χ0) is 10.4. The first-order valence-electron chi connectivity index (χ1n) is 4.55. The van der Waals surface area contributed by atoms with E-state index in [4.69, 9.17) is 0 Å². The zero-order valence-corrected chi connectivity index (χ0v) is 9.19. The van der Waals surface area contributed by atoms with Crippen molar-refractivity contribution in [2.45, 2.75) is 6.92 Å². The first kappa shape index (κ1) is 8.60.